The summed E-state index contributed by atoms with van der Waals surface area (Å²) in [4.78, 5) is 26.1. The molecule has 1 aromatic rings. The zero-order valence-electron chi connectivity index (χ0n) is 11.1. The molecule has 0 bridgehead atoms. The van der Waals surface area contributed by atoms with Gasteiger partial charge in [-0.25, -0.2) is 0 Å². The number of carboxylic acids is 1. The van der Waals surface area contributed by atoms with Gasteiger partial charge in [-0.15, -0.1) is 0 Å². The Kier molecular flexibility index (Phi) is 5.00. The first-order chi connectivity index (χ1) is 8.76. The van der Waals surface area contributed by atoms with E-state index in [9.17, 15) is 9.59 Å². The molecule has 0 aliphatic carbocycles. The summed E-state index contributed by atoms with van der Waals surface area (Å²) in [5.74, 6) is -1.07. The van der Waals surface area contributed by atoms with Gasteiger partial charge in [-0.2, -0.15) is 0 Å². The third kappa shape index (κ3) is 6.52. The lowest BCUT2D eigenvalue weighted by Crippen LogP contribution is -2.33. The van der Waals surface area contributed by atoms with Gasteiger partial charge in [0, 0.05) is 12.0 Å². The topological polar surface area (TPSA) is 105 Å². The van der Waals surface area contributed by atoms with Crippen molar-refractivity contribution in [1.29, 1.82) is 0 Å². The Hall–Kier alpha value is -1.95. The van der Waals surface area contributed by atoms with Gasteiger partial charge >= 0.3 is 5.97 Å². The summed E-state index contributed by atoms with van der Waals surface area (Å²) in [6, 6.07) is 3.22. The highest BCUT2D eigenvalue weighted by Crippen LogP contribution is 2.10. The van der Waals surface area contributed by atoms with Crippen LogP contribution in [0.2, 0.25) is 0 Å². The Morgan fingerprint density at radius 3 is 2.58 bits per heavy atom. The SMILES string of the molecule is CC(C)(N)CCC(=O)Nc1ccc(CC(=O)O)nc1. The standard InChI is InChI=1S/C13H19N3O3/c1-13(2,14)6-5-11(17)16-10-4-3-9(15-8-10)7-12(18)19/h3-4,8H,5-7,14H2,1-2H3,(H,16,17)(H,18,19). The van der Waals surface area contributed by atoms with Gasteiger partial charge in [-0.3, -0.25) is 14.6 Å². The van der Waals surface area contributed by atoms with Gasteiger partial charge in [0.25, 0.3) is 0 Å². The average Bonchev–Trinajstić information content (AvgIpc) is 2.28. The van der Waals surface area contributed by atoms with Crippen molar-refractivity contribution in [3.8, 4) is 0 Å². The molecule has 0 saturated carbocycles. The molecule has 4 N–H and O–H groups in total. The highest BCUT2D eigenvalue weighted by molar-refractivity contribution is 5.90. The molecule has 0 fully saturated rings. The number of carbonyl (C=O) groups excluding carboxylic acids is 1. The number of anilines is 1. The van der Waals surface area contributed by atoms with E-state index in [1.54, 1.807) is 12.1 Å². The van der Waals surface area contributed by atoms with Crippen LogP contribution in [0.3, 0.4) is 0 Å². The van der Waals surface area contributed by atoms with Gasteiger partial charge in [-0.05, 0) is 32.4 Å². The molecule has 0 atom stereocenters. The zero-order chi connectivity index (χ0) is 14.5. The number of hydrogen-bond acceptors (Lipinski definition) is 4. The molecular weight excluding hydrogens is 246 g/mol. The fourth-order valence-corrected chi connectivity index (χ4v) is 1.42. The van der Waals surface area contributed by atoms with Crippen LogP contribution in [0.1, 0.15) is 32.4 Å². The van der Waals surface area contributed by atoms with Crippen LogP contribution in [0.25, 0.3) is 0 Å². The minimum absolute atomic E-state index is 0.129. The summed E-state index contributed by atoms with van der Waals surface area (Å²) in [5, 5.41) is 11.3. The number of pyridine rings is 1. The van der Waals surface area contributed by atoms with Crippen molar-refractivity contribution in [2.45, 2.75) is 38.6 Å². The van der Waals surface area contributed by atoms with Crippen molar-refractivity contribution in [3.63, 3.8) is 0 Å². The Morgan fingerprint density at radius 2 is 2.11 bits per heavy atom. The average molecular weight is 265 g/mol. The first kappa shape index (κ1) is 15.1. The lowest BCUT2D eigenvalue weighted by atomic mass is 10.00. The fraction of sp³-hybridized carbons (Fsp3) is 0.462. The number of aliphatic carboxylic acids is 1. The van der Waals surface area contributed by atoms with Crippen LogP contribution >= 0.6 is 0 Å². The lowest BCUT2D eigenvalue weighted by Gasteiger charge is -2.17. The van der Waals surface area contributed by atoms with E-state index >= 15 is 0 Å². The van der Waals surface area contributed by atoms with Crippen LogP contribution in [0.4, 0.5) is 5.69 Å². The molecule has 1 heterocycles. The molecular formula is C13H19N3O3. The van der Waals surface area contributed by atoms with Gasteiger partial charge in [0.15, 0.2) is 0 Å². The maximum atomic E-state index is 11.6. The number of hydrogen-bond donors (Lipinski definition) is 3. The second-order valence-corrected chi connectivity index (χ2v) is 5.15. The van der Waals surface area contributed by atoms with Gasteiger partial charge in [-0.1, -0.05) is 0 Å². The van der Waals surface area contributed by atoms with Crippen molar-refractivity contribution < 1.29 is 14.7 Å². The van der Waals surface area contributed by atoms with Crippen LogP contribution in [-0.2, 0) is 16.0 Å². The van der Waals surface area contributed by atoms with Crippen LogP contribution in [0.15, 0.2) is 18.3 Å². The van der Waals surface area contributed by atoms with E-state index in [0.717, 1.165) is 0 Å². The maximum Gasteiger partial charge on any atom is 0.309 e. The van der Waals surface area contributed by atoms with Crippen LogP contribution in [0, 0.1) is 0 Å². The molecule has 1 rings (SSSR count). The molecule has 0 unspecified atom stereocenters. The summed E-state index contributed by atoms with van der Waals surface area (Å²) >= 11 is 0. The van der Waals surface area contributed by atoms with Crippen LogP contribution in [-0.4, -0.2) is 27.5 Å². The first-order valence-electron chi connectivity index (χ1n) is 6.02. The van der Waals surface area contributed by atoms with Gasteiger partial charge in [0.2, 0.25) is 5.91 Å². The van der Waals surface area contributed by atoms with E-state index in [-0.39, 0.29) is 17.9 Å². The Balaban J connectivity index is 2.49. The summed E-state index contributed by atoms with van der Waals surface area (Å²) in [6.07, 6.45) is 2.24. The van der Waals surface area contributed by atoms with E-state index in [4.69, 9.17) is 10.8 Å². The predicted molar refractivity (Wildman–Crippen MR) is 71.7 cm³/mol. The lowest BCUT2D eigenvalue weighted by molar-refractivity contribution is -0.136. The van der Waals surface area contributed by atoms with Crippen molar-refractivity contribution >= 4 is 17.6 Å². The number of nitrogens with zero attached hydrogens (tertiary/aromatic N) is 1. The van der Waals surface area contributed by atoms with E-state index in [0.29, 0.717) is 24.2 Å². The van der Waals surface area contributed by atoms with E-state index < -0.39 is 5.97 Å². The molecule has 6 nitrogen and oxygen atoms in total. The van der Waals surface area contributed by atoms with Crippen LogP contribution in [0.5, 0.6) is 0 Å². The number of nitrogens with two attached hydrogens (primary N) is 1. The zero-order valence-corrected chi connectivity index (χ0v) is 11.1. The maximum absolute atomic E-state index is 11.6. The molecule has 0 aliphatic heterocycles. The molecule has 1 aromatic heterocycles. The summed E-state index contributed by atoms with van der Waals surface area (Å²) < 4.78 is 0. The number of aromatic nitrogens is 1. The molecule has 0 radical (unpaired) electrons. The van der Waals surface area contributed by atoms with Gasteiger partial charge in [0.05, 0.1) is 24.0 Å². The second-order valence-electron chi connectivity index (χ2n) is 5.15. The number of nitrogens with one attached hydrogen (secondary N) is 1. The molecule has 1 amide bonds. The third-order valence-electron chi connectivity index (χ3n) is 2.44. The molecule has 0 aliphatic rings. The second kappa shape index (κ2) is 6.29. The van der Waals surface area contributed by atoms with Crippen molar-refractivity contribution in [1.82, 2.24) is 4.98 Å². The largest absolute Gasteiger partial charge is 0.481 e. The Morgan fingerprint density at radius 1 is 1.42 bits per heavy atom. The predicted octanol–water partition coefficient (Wildman–Crippen LogP) is 1.16. The van der Waals surface area contributed by atoms with E-state index in [1.165, 1.54) is 6.20 Å². The first-order valence-corrected chi connectivity index (χ1v) is 6.02. The van der Waals surface area contributed by atoms with Gasteiger partial charge < -0.3 is 16.2 Å². The van der Waals surface area contributed by atoms with E-state index in [2.05, 4.69) is 10.3 Å². The number of rotatable bonds is 6. The fourth-order valence-electron chi connectivity index (χ4n) is 1.42. The molecule has 6 heteroatoms. The number of amides is 1. The Labute approximate surface area is 112 Å². The number of carbonyl (C=O) groups is 2. The Bertz CT molecular complexity index is 449. The molecule has 0 aromatic carbocycles. The third-order valence-corrected chi connectivity index (χ3v) is 2.44. The monoisotopic (exact) mass is 265 g/mol. The van der Waals surface area contributed by atoms with Crippen molar-refractivity contribution in [2.24, 2.45) is 5.73 Å². The highest BCUT2D eigenvalue weighted by atomic mass is 16.4. The minimum atomic E-state index is -0.936. The van der Waals surface area contributed by atoms with E-state index in [1.807, 2.05) is 13.8 Å². The summed E-state index contributed by atoms with van der Waals surface area (Å²) in [5.41, 5.74) is 6.42. The summed E-state index contributed by atoms with van der Waals surface area (Å²) in [6.45, 7) is 3.73. The summed E-state index contributed by atoms with van der Waals surface area (Å²) in [7, 11) is 0. The van der Waals surface area contributed by atoms with Crippen molar-refractivity contribution in [3.05, 3.63) is 24.0 Å². The quantitative estimate of drug-likeness (QED) is 0.716. The molecule has 19 heavy (non-hydrogen) atoms. The van der Waals surface area contributed by atoms with Crippen molar-refractivity contribution in [2.75, 3.05) is 5.32 Å². The minimum Gasteiger partial charge on any atom is -0.481 e. The molecule has 0 saturated heterocycles. The highest BCUT2D eigenvalue weighted by Gasteiger charge is 2.13. The molecule has 104 valence electrons. The van der Waals surface area contributed by atoms with Gasteiger partial charge in [0.1, 0.15) is 0 Å². The normalized spacial score (nSPS) is 11.1. The van der Waals surface area contributed by atoms with Crippen LogP contribution < -0.4 is 11.1 Å². The number of carboxylic acid groups (broad SMARTS) is 1. The smallest absolute Gasteiger partial charge is 0.309 e. The molecule has 0 spiro atoms.